The number of ether oxygens (including phenoxy) is 1. The van der Waals surface area contributed by atoms with Gasteiger partial charge in [-0.3, -0.25) is 4.79 Å². The number of carbonyl (C=O) groups is 1. The van der Waals surface area contributed by atoms with E-state index in [4.69, 9.17) is 4.74 Å². The van der Waals surface area contributed by atoms with Crippen molar-refractivity contribution in [2.45, 2.75) is 33.2 Å². The Balaban J connectivity index is 1.30. The molecular formula is C27H33N5O2. The minimum Gasteiger partial charge on any atom is -0.439 e. The molecule has 2 aromatic carbocycles. The lowest BCUT2D eigenvalue weighted by molar-refractivity contribution is -0.125. The topological polar surface area (TPSA) is 70.6 Å². The summed E-state index contributed by atoms with van der Waals surface area (Å²) in [6.07, 6.45) is 3.13. The van der Waals surface area contributed by atoms with Crippen LogP contribution in [-0.4, -0.2) is 43.1 Å². The molecule has 1 amide bonds. The number of aromatic nitrogens is 2. The van der Waals surface area contributed by atoms with E-state index in [1.807, 2.05) is 39.2 Å². The van der Waals surface area contributed by atoms with E-state index in [-0.39, 0.29) is 11.8 Å². The van der Waals surface area contributed by atoms with Crippen molar-refractivity contribution in [3.63, 3.8) is 0 Å². The van der Waals surface area contributed by atoms with E-state index in [2.05, 4.69) is 62.3 Å². The van der Waals surface area contributed by atoms with Gasteiger partial charge in [0, 0.05) is 51.4 Å². The minimum absolute atomic E-state index is 0.0183. The Kier molecular flexibility index (Phi) is 7.30. The third kappa shape index (κ3) is 5.65. The second-order valence-electron chi connectivity index (χ2n) is 9.05. The molecule has 1 aromatic heterocycles. The number of amides is 1. The molecule has 2 heterocycles. The maximum atomic E-state index is 12.7. The SMILES string of the molecule is Cc1cccc(Oc2cc(N3CCC(C(=O)NCc4ccc(N(C)C)cc4)CC3)ncn2)c1C. The normalized spacial score (nSPS) is 14.1. The zero-order chi connectivity index (χ0) is 24.1. The van der Waals surface area contributed by atoms with Gasteiger partial charge in [0.05, 0.1) is 0 Å². The number of anilines is 2. The minimum atomic E-state index is 0.0183. The summed E-state index contributed by atoms with van der Waals surface area (Å²) in [6, 6.07) is 16.1. The lowest BCUT2D eigenvalue weighted by Gasteiger charge is -2.32. The Morgan fingerprint density at radius 1 is 1.09 bits per heavy atom. The monoisotopic (exact) mass is 459 g/mol. The Hall–Kier alpha value is -3.61. The first kappa shape index (κ1) is 23.5. The van der Waals surface area contributed by atoms with E-state index in [1.165, 1.54) is 11.9 Å². The highest BCUT2D eigenvalue weighted by molar-refractivity contribution is 5.79. The van der Waals surface area contributed by atoms with Gasteiger partial charge < -0.3 is 19.9 Å². The number of piperidine rings is 1. The molecule has 1 saturated heterocycles. The molecule has 3 aromatic rings. The molecule has 7 heteroatoms. The van der Waals surface area contributed by atoms with Crippen molar-refractivity contribution in [2.75, 3.05) is 37.0 Å². The molecule has 178 valence electrons. The molecule has 0 aliphatic carbocycles. The lowest BCUT2D eigenvalue weighted by atomic mass is 9.96. The molecule has 0 radical (unpaired) electrons. The maximum Gasteiger partial charge on any atom is 0.224 e. The third-order valence-electron chi connectivity index (χ3n) is 6.51. The first-order valence-electron chi connectivity index (χ1n) is 11.8. The molecule has 7 nitrogen and oxygen atoms in total. The Morgan fingerprint density at radius 2 is 1.82 bits per heavy atom. The van der Waals surface area contributed by atoms with Crippen LogP contribution in [0.4, 0.5) is 11.5 Å². The number of aryl methyl sites for hydroxylation is 1. The molecule has 0 unspecified atom stereocenters. The molecule has 1 aliphatic rings. The van der Waals surface area contributed by atoms with Crippen LogP contribution in [-0.2, 0) is 11.3 Å². The summed E-state index contributed by atoms with van der Waals surface area (Å²) >= 11 is 0. The summed E-state index contributed by atoms with van der Waals surface area (Å²) in [5, 5.41) is 3.10. The fourth-order valence-corrected chi connectivity index (χ4v) is 4.12. The van der Waals surface area contributed by atoms with Crippen molar-refractivity contribution in [3.8, 4) is 11.6 Å². The van der Waals surface area contributed by atoms with Gasteiger partial charge in [-0.2, -0.15) is 0 Å². The number of hydrogen-bond donors (Lipinski definition) is 1. The molecule has 0 bridgehead atoms. The Morgan fingerprint density at radius 3 is 2.53 bits per heavy atom. The van der Waals surface area contributed by atoms with Gasteiger partial charge >= 0.3 is 0 Å². The predicted octanol–water partition coefficient (Wildman–Crippen LogP) is 4.48. The largest absolute Gasteiger partial charge is 0.439 e. The smallest absolute Gasteiger partial charge is 0.224 e. The average molecular weight is 460 g/mol. The van der Waals surface area contributed by atoms with E-state index in [0.717, 1.165) is 54.3 Å². The van der Waals surface area contributed by atoms with Gasteiger partial charge in [-0.1, -0.05) is 24.3 Å². The molecule has 0 atom stereocenters. The fraction of sp³-hybridized carbons (Fsp3) is 0.370. The summed E-state index contributed by atoms with van der Waals surface area (Å²) in [7, 11) is 4.03. The molecule has 0 saturated carbocycles. The fourth-order valence-electron chi connectivity index (χ4n) is 4.12. The van der Waals surface area contributed by atoms with Crippen LogP contribution in [0.5, 0.6) is 11.6 Å². The van der Waals surface area contributed by atoms with Gasteiger partial charge in [-0.15, -0.1) is 0 Å². The number of hydrogen-bond acceptors (Lipinski definition) is 6. The molecule has 0 spiro atoms. The predicted molar refractivity (Wildman–Crippen MR) is 136 cm³/mol. The third-order valence-corrected chi connectivity index (χ3v) is 6.51. The second kappa shape index (κ2) is 10.5. The van der Waals surface area contributed by atoms with E-state index >= 15 is 0 Å². The van der Waals surface area contributed by atoms with Crippen molar-refractivity contribution in [1.29, 1.82) is 0 Å². The summed E-state index contributed by atoms with van der Waals surface area (Å²) in [5.74, 6) is 2.30. The summed E-state index contributed by atoms with van der Waals surface area (Å²) < 4.78 is 6.03. The number of benzene rings is 2. The van der Waals surface area contributed by atoms with Crippen LogP contribution >= 0.6 is 0 Å². The highest BCUT2D eigenvalue weighted by Gasteiger charge is 2.25. The number of rotatable bonds is 7. The summed E-state index contributed by atoms with van der Waals surface area (Å²) in [4.78, 5) is 25.7. The van der Waals surface area contributed by atoms with E-state index in [1.54, 1.807) is 0 Å². The van der Waals surface area contributed by atoms with Crippen molar-refractivity contribution >= 4 is 17.4 Å². The van der Waals surface area contributed by atoms with Gasteiger partial charge in [0.2, 0.25) is 11.8 Å². The van der Waals surface area contributed by atoms with Gasteiger partial charge in [-0.25, -0.2) is 9.97 Å². The second-order valence-corrected chi connectivity index (χ2v) is 9.05. The first-order chi connectivity index (χ1) is 16.4. The summed E-state index contributed by atoms with van der Waals surface area (Å²) in [6.45, 7) is 6.21. The zero-order valence-corrected chi connectivity index (χ0v) is 20.4. The van der Waals surface area contributed by atoms with Crippen LogP contribution in [0.25, 0.3) is 0 Å². The molecule has 1 N–H and O–H groups in total. The van der Waals surface area contributed by atoms with E-state index < -0.39 is 0 Å². The molecule has 1 fully saturated rings. The molecule has 34 heavy (non-hydrogen) atoms. The first-order valence-corrected chi connectivity index (χ1v) is 11.8. The van der Waals surface area contributed by atoms with Crippen molar-refractivity contribution in [1.82, 2.24) is 15.3 Å². The van der Waals surface area contributed by atoms with Crippen LogP contribution in [0, 0.1) is 19.8 Å². The van der Waals surface area contributed by atoms with E-state index in [0.29, 0.717) is 12.4 Å². The molecular weight excluding hydrogens is 426 g/mol. The van der Waals surface area contributed by atoms with Gasteiger partial charge in [-0.05, 0) is 61.6 Å². The maximum absolute atomic E-state index is 12.7. The number of nitrogens with zero attached hydrogens (tertiary/aromatic N) is 4. The molecule has 4 rings (SSSR count). The number of nitrogens with one attached hydrogen (secondary N) is 1. The van der Waals surface area contributed by atoms with Crippen molar-refractivity contribution in [2.24, 2.45) is 5.92 Å². The van der Waals surface area contributed by atoms with Crippen LogP contribution in [0.15, 0.2) is 54.9 Å². The van der Waals surface area contributed by atoms with Crippen molar-refractivity contribution in [3.05, 3.63) is 71.5 Å². The highest BCUT2D eigenvalue weighted by Crippen LogP contribution is 2.28. The van der Waals surface area contributed by atoms with Crippen LogP contribution in [0.2, 0.25) is 0 Å². The van der Waals surface area contributed by atoms with Gasteiger partial charge in [0.1, 0.15) is 17.9 Å². The van der Waals surface area contributed by atoms with Crippen LogP contribution in [0.3, 0.4) is 0 Å². The highest BCUT2D eigenvalue weighted by atomic mass is 16.5. The van der Waals surface area contributed by atoms with Gasteiger partial charge in [0.25, 0.3) is 0 Å². The molecule has 1 aliphatic heterocycles. The van der Waals surface area contributed by atoms with Crippen molar-refractivity contribution < 1.29 is 9.53 Å². The van der Waals surface area contributed by atoms with Gasteiger partial charge in [0.15, 0.2) is 0 Å². The average Bonchev–Trinajstić information content (AvgIpc) is 2.86. The quantitative estimate of drug-likeness (QED) is 0.562. The van der Waals surface area contributed by atoms with E-state index in [9.17, 15) is 4.79 Å². The van der Waals surface area contributed by atoms with Crippen LogP contribution < -0.4 is 19.9 Å². The Labute approximate surface area is 201 Å². The summed E-state index contributed by atoms with van der Waals surface area (Å²) in [5.41, 5.74) is 4.53. The Bertz CT molecular complexity index is 1120. The standard InChI is InChI=1S/C27H33N5O2/c1-19-6-5-7-24(20(19)2)34-26-16-25(29-18-30-26)32-14-12-22(13-15-32)27(33)28-17-21-8-10-23(11-9-21)31(3)4/h5-11,16,18,22H,12-15,17H2,1-4H3,(H,28,33). The lowest BCUT2D eigenvalue weighted by Crippen LogP contribution is -2.40. The number of carbonyl (C=O) groups excluding carboxylic acids is 1. The zero-order valence-electron chi connectivity index (χ0n) is 20.4. The van der Waals surface area contributed by atoms with Crippen LogP contribution in [0.1, 0.15) is 29.5 Å².